The number of hydrogen-bond acceptors (Lipinski definition) is 6. The van der Waals surface area contributed by atoms with Crippen LogP contribution in [0, 0.1) is 6.92 Å². The fourth-order valence-corrected chi connectivity index (χ4v) is 7.06. The predicted molar refractivity (Wildman–Crippen MR) is 181 cm³/mol. The molecule has 0 bridgehead atoms. The van der Waals surface area contributed by atoms with Crippen molar-refractivity contribution in [3.8, 4) is 11.1 Å². The Morgan fingerprint density at radius 1 is 1.02 bits per heavy atom. The van der Waals surface area contributed by atoms with E-state index >= 15 is 0 Å². The van der Waals surface area contributed by atoms with Gasteiger partial charge in [-0.1, -0.05) is 32.6 Å². The van der Waals surface area contributed by atoms with Crippen molar-refractivity contribution in [3.63, 3.8) is 0 Å². The molecular weight excluding hydrogens is 562 g/mol. The number of nitrogens with zero attached hydrogens (tertiary/aromatic N) is 5. The number of nitrogens with one attached hydrogen (secondary N) is 2. The van der Waals surface area contributed by atoms with Gasteiger partial charge in [0, 0.05) is 67.2 Å². The molecule has 1 aliphatic carbocycles. The standard InChI is InChI=1S/C36H47N7O2/c1-5-9-26-18-25(4)40-36(45)31(26)22-38-35(44)30-19-28(20-33-32(30)23-39-43(33)29-10-7-6-8-11-29)27-12-13-34(37-21-27)42-16-14-41(15-17-42)24(2)3/h12-13,18-21,23-24,29H,5-11,14-17,22H2,1-4H3,(H,38,44)(H,40,45). The molecule has 2 fully saturated rings. The van der Waals surface area contributed by atoms with Crippen molar-refractivity contribution in [2.24, 2.45) is 0 Å². The Labute approximate surface area is 266 Å². The maximum atomic E-state index is 13.9. The number of piperazine rings is 1. The van der Waals surface area contributed by atoms with Crippen LogP contribution in [0.1, 0.15) is 92.5 Å². The molecule has 0 atom stereocenters. The number of amides is 1. The molecule has 1 saturated heterocycles. The summed E-state index contributed by atoms with van der Waals surface area (Å²) in [6.45, 7) is 12.7. The third kappa shape index (κ3) is 6.69. The number of aromatic nitrogens is 4. The van der Waals surface area contributed by atoms with Crippen LogP contribution in [-0.2, 0) is 13.0 Å². The number of rotatable bonds is 9. The first-order valence-corrected chi connectivity index (χ1v) is 16.8. The summed E-state index contributed by atoms with van der Waals surface area (Å²) in [5.74, 6) is 0.778. The molecule has 1 aliphatic heterocycles. The first kappa shape index (κ1) is 31.0. The Morgan fingerprint density at radius 3 is 2.49 bits per heavy atom. The summed E-state index contributed by atoms with van der Waals surface area (Å²) in [4.78, 5) is 39.4. The van der Waals surface area contributed by atoms with Gasteiger partial charge in [0.1, 0.15) is 5.82 Å². The lowest BCUT2D eigenvalue weighted by molar-refractivity contribution is 0.0952. The van der Waals surface area contributed by atoms with Crippen LogP contribution in [0.25, 0.3) is 22.0 Å². The largest absolute Gasteiger partial charge is 0.354 e. The molecule has 4 aromatic rings. The predicted octanol–water partition coefficient (Wildman–Crippen LogP) is 6.01. The number of carbonyl (C=O) groups is 1. The summed E-state index contributed by atoms with van der Waals surface area (Å²) in [5.41, 5.74) is 5.74. The summed E-state index contributed by atoms with van der Waals surface area (Å²) in [5, 5.41) is 8.74. The van der Waals surface area contributed by atoms with Gasteiger partial charge in [-0.2, -0.15) is 5.10 Å². The summed E-state index contributed by atoms with van der Waals surface area (Å²) < 4.78 is 2.13. The van der Waals surface area contributed by atoms with Crippen LogP contribution in [0.2, 0.25) is 0 Å². The maximum Gasteiger partial charge on any atom is 0.253 e. The van der Waals surface area contributed by atoms with E-state index in [2.05, 4.69) is 63.8 Å². The molecule has 45 heavy (non-hydrogen) atoms. The van der Waals surface area contributed by atoms with Crippen LogP contribution < -0.4 is 15.8 Å². The minimum atomic E-state index is -0.208. The Kier molecular flexibility index (Phi) is 9.35. The molecule has 3 aromatic heterocycles. The van der Waals surface area contributed by atoms with Gasteiger partial charge in [0.15, 0.2) is 0 Å². The molecule has 4 heterocycles. The number of benzene rings is 1. The average molecular weight is 610 g/mol. The molecule has 0 radical (unpaired) electrons. The minimum absolute atomic E-state index is 0.139. The quantitative estimate of drug-likeness (QED) is 0.241. The normalized spacial score (nSPS) is 16.5. The fraction of sp³-hybridized carbons (Fsp3) is 0.500. The van der Waals surface area contributed by atoms with Gasteiger partial charge >= 0.3 is 0 Å². The van der Waals surface area contributed by atoms with Crippen LogP contribution >= 0.6 is 0 Å². The number of anilines is 1. The van der Waals surface area contributed by atoms with Gasteiger partial charge in [-0.3, -0.25) is 19.2 Å². The number of H-pyrrole nitrogens is 1. The first-order chi connectivity index (χ1) is 21.8. The average Bonchev–Trinajstić information content (AvgIpc) is 3.48. The van der Waals surface area contributed by atoms with Crippen molar-refractivity contribution < 1.29 is 4.79 Å². The molecule has 1 saturated carbocycles. The molecule has 2 aliphatic rings. The summed E-state index contributed by atoms with van der Waals surface area (Å²) in [6, 6.07) is 11.2. The number of aromatic amines is 1. The SMILES string of the molecule is CCCc1cc(C)[nH]c(=O)c1CNC(=O)c1cc(-c2ccc(N3CCN(C(C)C)CC3)nc2)cc2c1cnn2C1CCCCC1. The van der Waals surface area contributed by atoms with Gasteiger partial charge in [-0.05, 0) is 81.5 Å². The summed E-state index contributed by atoms with van der Waals surface area (Å²) >= 11 is 0. The Balaban J connectivity index is 1.31. The zero-order valence-electron chi connectivity index (χ0n) is 27.2. The van der Waals surface area contributed by atoms with Gasteiger partial charge in [0.2, 0.25) is 0 Å². The zero-order valence-corrected chi connectivity index (χ0v) is 27.2. The first-order valence-electron chi connectivity index (χ1n) is 16.8. The number of carbonyl (C=O) groups excluding carboxylic acids is 1. The lowest BCUT2D eigenvalue weighted by Crippen LogP contribution is -2.49. The van der Waals surface area contributed by atoms with Crippen molar-refractivity contribution in [1.29, 1.82) is 0 Å². The second-order valence-corrected chi connectivity index (χ2v) is 13.1. The zero-order chi connectivity index (χ0) is 31.5. The van der Waals surface area contributed by atoms with Crippen molar-refractivity contribution in [2.45, 2.75) is 91.3 Å². The van der Waals surface area contributed by atoms with Crippen molar-refractivity contribution in [3.05, 3.63) is 75.5 Å². The Hall–Kier alpha value is -3.98. The highest BCUT2D eigenvalue weighted by molar-refractivity contribution is 6.08. The number of aryl methyl sites for hydroxylation is 2. The van der Waals surface area contributed by atoms with Gasteiger partial charge < -0.3 is 15.2 Å². The second kappa shape index (κ2) is 13.6. The number of hydrogen-bond donors (Lipinski definition) is 2. The van der Waals surface area contributed by atoms with Crippen LogP contribution in [-0.4, -0.2) is 62.8 Å². The number of fused-ring (bicyclic) bond motifs is 1. The molecule has 6 rings (SSSR count). The van der Waals surface area contributed by atoms with E-state index in [-0.39, 0.29) is 18.0 Å². The molecule has 0 unspecified atom stereocenters. The van der Waals surface area contributed by atoms with E-state index in [4.69, 9.17) is 10.1 Å². The topological polar surface area (TPSA) is 99.2 Å². The van der Waals surface area contributed by atoms with Crippen LogP contribution in [0.4, 0.5) is 5.82 Å². The summed E-state index contributed by atoms with van der Waals surface area (Å²) in [7, 11) is 0. The van der Waals surface area contributed by atoms with Crippen LogP contribution in [0.3, 0.4) is 0 Å². The van der Waals surface area contributed by atoms with E-state index in [0.717, 1.165) is 91.0 Å². The molecule has 1 amide bonds. The molecule has 9 heteroatoms. The van der Waals surface area contributed by atoms with Gasteiger partial charge in [-0.25, -0.2) is 4.98 Å². The van der Waals surface area contributed by atoms with Crippen molar-refractivity contribution >= 4 is 22.6 Å². The number of pyridine rings is 2. The highest BCUT2D eigenvalue weighted by Gasteiger charge is 2.23. The molecule has 238 valence electrons. The lowest BCUT2D eigenvalue weighted by atomic mass is 9.95. The third-order valence-electron chi connectivity index (χ3n) is 9.64. The van der Waals surface area contributed by atoms with Crippen LogP contribution in [0.5, 0.6) is 0 Å². The highest BCUT2D eigenvalue weighted by Crippen LogP contribution is 2.34. The second-order valence-electron chi connectivity index (χ2n) is 13.1. The minimum Gasteiger partial charge on any atom is -0.354 e. The summed E-state index contributed by atoms with van der Waals surface area (Å²) in [6.07, 6.45) is 11.3. The smallest absolute Gasteiger partial charge is 0.253 e. The van der Waals surface area contributed by atoms with Gasteiger partial charge in [0.25, 0.3) is 11.5 Å². The van der Waals surface area contributed by atoms with E-state index in [1.165, 1.54) is 19.3 Å². The Morgan fingerprint density at radius 2 is 1.80 bits per heavy atom. The fourth-order valence-electron chi connectivity index (χ4n) is 7.06. The third-order valence-corrected chi connectivity index (χ3v) is 9.64. The maximum absolute atomic E-state index is 13.9. The van der Waals surface area contributed by atoms with E-state index < -0.39 is 0 Å². The van der Waals surface area contributed by atoms with E-state index in [0.29, 0.717) is 23.2 Å². The Bertz CT molecular complexity index is 1690. The monoisotopic (exact) mass is 609 g/mol. The van der Waals surface area contributed by atoms with Crippen LogP contribution in [0.15, 0.2) is 47.5 Å². The molecule has 9 nitrogen and oxygen atoms in total. The van der Waals surface area contributed by atoms with Crippen molar-refractivity contribution in [1.82, 2.24) is 30.0 Å². The van der Waals surface area contributed by atoms with E-state index in [1.54, 1.807) is 0 Å². The van der Waals surface area contributed by atoms with E-state index in [9.17, 15) is 9.59 Å². The molecule has 0 spiro atoms. The lowest BCUT2D eigenvalue weighted by Gasteiger charge is -2.37. The molecule has 2 N–H and O–H groups in total. The highest BCUT2D eigenvalue weighted by atomic mass is 16.1. The van der Waals surface area contributed by atoms with Gasteiger partial charge in [0.05, 0.1) is 23.3 Å². The van der Waals surface area contributed by atoms with Crippen molar-refractivity contribution in [2.75, 3.05) is 31.1 Å². The van der Waals surface area contributed by atoms with Gasteiger partial charge in [-0.15, -0.1) is 0 Å². The van der Waals surface area contributed by atoms with E-state index in [1.807, 2.05) is 31.5 Å². The molecule has 1 aromatic carbocycles. The molecular formula is C36H47N7O2.